The first-order valence-electron chi connectivity index (χ1n) is 7.15. The summed E-state index contributed by atoms with van der Waals surface area (Å²) in [5.74, 6) is 0.276. The summed E-state index contributed by atoms with van der Waals surface area (Å²) in [6, 6.07) is 9.70. The second-order valence-corrected chi connectivity index (χ2v) is 5.79. The maximum atomic E-state index is 12.0. The maximum absolute atomic E-state index is 12.0. The number of likely N-dealkylation sites (N-methyl/N-ethyl adjacent to an activating group) is 1. The molecule has 0 aromatic heterocycles. The summed E-state index contributed by atoms with van der Waals surface area (Å²) >= 11 is 0. The standard InChI is InChI=1S/C16H27N3O/c1-13(2)12-19(4)11-10-16(18-3,15(17)20)14-8-6-5-7-9-14/h5-9,13,18H,10-12H2,1-4H3,(H2,17,20). The Hall–Kier alpha value is -1.39. The Balaban J connectivity index is 2.88. The first-order valence-corrected chi connectivity index (χ1v) is 7.15. The average molecular weight is 277 g/mol. The first-order chi connectivity index (χ1) is 9.42. The Morgan fingerprint density at radius 2 is 1.95 bits per heavy atom. The molecule has 0 aliphatic carbocycles. The number of hydrogen-bond donors (Lipinski definition) is 2. The van der Waals surface area contributed by atoms with Crippen LogP contribution in [0.4, 0.5) is 0 Å². The van der Waals surface area contributed by atoms with Crippen molar-refractivity contribution in [2.75, 3.05) is 27.2 Å². The quantitative estimate of drug-likeness (QED) is 0.758. The first kappa shape index (κ1) is 16.7. The fraction of sp³-hybridized carbons (Fsp3) is 0.562. The predicted molar refractivity (Wildman–Crippen MR) is 83.3 cm³/mol. The van der Waals surface area contributed by atoms with Gasteiger partial charge >= 0.3 is 0 Å². The number of nitrogens with one attached hydrogen (secondary N) is 1. The highest BCUT2D eigenvalue weighted by Gasteiger charge is 2.36. The molecule has 0 saturated heterocycles. The highest BCUT2D eigenvalue weighted by molar-refractivity contribution is 5.86. The average Bonchev–Trinajstić information content (AvgIpc) is 2.40. The van der Waals surface area contributed by atoms with E-state index in [-0.39, 0.29) is 5.91 Å². The van der Waals surface area contributed by atoms with Gasteiger partial charge in [-0.1, -0.05) is 44.2 Å². The molecule has 0 aliphatic rings. The monoisotopic (exact) mass is 277 g/mol. The molecule has 0 radical (unpaired) electrons. The summed E-state index contributed by atoms with van der Waals surface area (Å²) in [7, 11) is 3.87. The van der Waals surface area contributed by atoms with Crippen molar-refractivity contribution in [2.45, 2.75) is 25.8 Å². The van der Waals surface area contributed by atoms with Crippen molar-refractivity contribution in [1.82, 2.24) is 10.2 Å². The molecule has 0 fully saturated rings. The molecule has 1 amide bonds. The zero-order valence-electron chi connectivity index (χ0n) is 13.0. The van der Waals surface area contributed by atoms with E-state index in [0.29, 0.717) is 12.3 Å². The fourth-order valence-corrected chi connectivity index (χ4v) is 2.60. The molecule has 1 aromatic rings. The Morgan fingerprint density at radius 1 is 1.35 bits per heavy atom. The Kier molecular flexibility index (Phi) is 6.17. The van der Waals surface area contributed by atoms with Gasteiger partial charge in [0.05, 0.1) is 0 Å². The van der Waals surface area contributed by atoms with Gasteiger partial charge in [-0.2, -0.15) is 0 Å². The van der Waals surface area contributed by atoms with Gasteiger partial charge in [-0.3, -0.25) is 4.79 Å². The van der Waals surface area contributed by atoms with Crippen molar-refractivity contribution in [3.8, 4) is 0 Å². The van der Waals surface area contributed by atoms with Gasteiger partial charge in [-0.15, -0.1) is 0 Å². The molecule has 4 heteroatoms. The van der Waals surface area contributed by atoms with Crippen LogP contribution in [0, 0.1) is 5.92 Å². The fourth-order valence-electron chi connectivity index (χ4n) is 2.60. The second kappa shape index (κ2) is 7.41. The van der Waals surface area contributed by atoms with Crippen LogP contribution in [0.1, 0.15) is 25.8 Å². The van der Waals surface area contributed by atoms with Crippen molar-refractivity contribution < 1.29 is 4.79 Å². The van der Waals surface area contributed by atoms with Crippen molar-refractivity contribution in [3.05, 3.63) is 35.9 Å². The molecule has 1 unspecified atom stereocenters. The van der Waals surface area contributed by atoms with Crippen LogP contribution in [0.3, 0.4) is 0 Å². The summed E-state index contributed by atoms with van der Waals surface area (Å²) < 4.78 is 0. The van der Waals surface area contributed by atoms with Crippen molar-refractivity contribution in [2.24, 2.45) is 11.7 Å². The van der Waals surface area contributed by atoms with Gasteiger partial charge in [0.25, 0.3) is 0 Å². The van der Waals surface area contributed by atoms with E-state index in [1.165, 1.54) is 0 Å². The Bertz CT molecular complexity index is 419. The van der Waals surface area contributed by atoms with Crippen LogP contribution in [0.5, 0.6) is 0 Å². The molecule has 0 bridgehead atoms. The van der Waals surface area contributed by atoms with E-state index < -0.39 is 5.54 Å². The molecule has 3 N–H and O–H groups in total. The number of primary amides is 1. The molecular weight excluding hydrogens is 250 g/mol. The van der Waals surface area contributed by atoms with Crippen LogP contribution in [-0.2, 0) is 10.3 Å². The summed E-state index contributed by atoms with van der Waals surface area (Å²) in [5, 5.41) is 3.14. The van der Waals surface area contributed by atoms with Crippen molar-refractivity contribution in [1.29, 1.82) is 0 Å². The van der Waals surface area contributed by atoms with Gasteiger partial charge in [0.2, 0.25) is 5.91 Å². The molecule has 0 aliphatic heterocycles. The lowest BCUT2D eigenvalue weighted by Gasteiger charge is -2.33. The Labute approximate surface area is 122 Å². The van der Waals surface area contributed by atoms with Crippen LogP contribution in [0.25, 0.3) is 0 Å². The number of amides is 1. The van der Waals surface area contributed by atoms with E-state index in [2.05, 4.69) is 31.1 Å². The van der Waals surface area contributed by atoms with Crippen LogP contribution >= 0.6 is 0 Å². The summed E-state index contributed by atoms with van der Waals surface area (Å²) in [4.78, 5) is 14.3. The molecule has 0 heterocycles. The zero-order chi connectivity index (χ0) is 15.2. The minimum Gasteiger partial charge on any atom is -0.368 e. The van der Waals surface area contributed by atoms with Crippen molar-refractivity contribution >= 4 is 5.91 Å². The van der Waals surface area contributed by atoms with Crippen LogP contribution in [-0.4, -0.2) is 38.0 Å². The molecule has 0 saturated carbocycles. The van der Waals surface area contributed by atoms with Gasteiger partial charge in [0, 0.05) is 13.1 Å². The number of rotatable bonds is 8. The van der Waals surface area contributed by atoms with Gasteiger partial charge in [-0.25, -0.2) is 0 Å². The molecule has 112 valence electrons. The number of hydrogen-bond acceptors (Lipinski definition) is 3. The normalized spacial score (nSPS) is 14.5. The minimum absolute atomic E-state index is 0.329. The lowest BCUT2D eigenvalue weighted by Crippen LogP contribution is -2.52. The van der Waals surface area contributed by atoms with E-state index in [1.807, 2.05) is 30.3 Å². The Morgan fingerprint density at radius 3 is 2.40 bits per heavy atom. The third-order valence-corrected chi connectivity index (χ3v) is 3.66. The smallest absolute Gasteiger partial charge is 0.242 e. The van der Waals surface area contributed by atoms with E-state index in [9.17, 15) is 4.79 Å². The van der Waals surface area contributed by atoms with Gasteiger partial charge in [-0.05, 0) is 32.0 Å². The van der Waals surface area contributed by atoms with Crippen LogP contribution in [0.2, 0.25) is 0 Å². The van der Waals surface area contributed by atoms with E-state index in [0.717, 1.165) is 18.7 Å². The van der Waals surface area contributed by atoms with E-state index >= 15 is 0 Å². The molecule has 1 rings (SSSR count). The SMILES string of the molecule is CNC(CCN(C)CC(C)C)(C(N)=O)c1ccccc1. The minimum atomic E-state index is -0.799. The lowest BCUT2D eigenvalue weighted by molar-refractivity contribution is -0.125. The largest absolute Gasteiger partial charge is 0.368 e. The topological polar surface area (TPSA) is 58.4 Å². The molecule has 4 nitrogen and oxygen atoms in total. The van der Waals surface area contributed by atoms with Crippen LogP contribution < -0.4 is 11.1 Å². The third kappa shape index (κ3) is 4.05. The third-order valence-electron chi connectivity index (χ3n) is 3.66. The molecule has 1 aromatic carbocycles. The number of benzene rings is 1. The van der Waals surface area contributed by atoms with Crippen molar-refractivity contribution in [3.63, 3.8) is 0 Å². The lowest BCUT2D eigenvalue weighted by atomic mass is 9.85. The van der Waals surface area contributed by atoms with E-state index in [1.54, 1.807) is 7.05 Å². The highest BCUT2D eigenvalue weighted by Crippen LogP contribution is 2.24. The second-order valence-electron chi connectivity index (χ2n) is 5.79. The highest BCUT2D eigenvalue weighted by atomic mass is 16.1. The number of nitrogens with zero attached hydrogens (tertiary/aromatic N) is 1. The molecule has 0 spiro atoms. The number of nitrogens with two attached hydrogens (primary N) is 1. The maximum Gasteiger partial charge on any atom is 0.242 e. The molecular formula is C16H27N3O. The van der Waals surface area contributed by atoms with Gasteiger partial charge < -0.3 is 16.0 Å². The molecule has 20 heavy (non-hydrogen) atoms. The van der Waals surface area contributed by atoms with Crippen LogP contribution in [0.15, 0.2) is 30.3 Å². The van der Waals surface area contributed by atoms with E-state index in [4.69, 9.17) is 5.73 Å². The summed E-state index contributed by atoms with van der Waals surface area (Å²) in [6.07, 6.45) is 0.659. The number of carbonyl (C=O) groups excluding carboxylic acids is 1. The molecule has 1 atom stereocenters. The summed E-state index contributed by atoms with van der Waals surface area (Å²) in [5.41, 5.74) is 5.81. The predicted octanol–water partition coefficient (Wildman–Crippen LogP) is 1.56. The zero-order valence-corrected chi connectivity index (χ0v) is 13.0. The number of carbonyl (C=O) groups is 1. The summed E-state index contributed by atoms with van der Waals surface area (Å²) in [6.45, 7) is 6.20. The van der Waals surface area contributed by atoms with Gasteiger partial charge in [0.1, 0.15) is 5.54 Å². The van der Waals surface area contributed by atoms with Gasteiger partial charge in [0.15, 0.2) is 0 Å².